The molecule has 7 nitrogen and oxygen atoms in total. The van der Waals surface area contributed by atoms with Crippen LogP contribution in [0.2, 0.25) is 5.02 Å². The average molecular weight is 527 g/mol. The minimum Gasteiger partial charge on any atom is -0.347 e. The molecule has 3 heterocycles. The molecule has 202 valence electrons. The van der Waals surface area contributed by atoms with E-state index in [1.165, 1.54) is 37.7 Å². The van der Waals surface area contributed by atoms with Crippen LogP contribution < -0.4 is 5.32 Å². The highest BCUT2D eigenvalue weighted by Crippen LogP contribution is 2.37. The number of aromatic nitrogens is 2. The molecule has 0 radical (unpaired) electrons. The number of halogens is 1. The predicted molar refractivity (Wildman–Crippen MR) is 149 cm³/mol. The van der Waals surface area contributed by atoms with Gasteiger partial charge in [-0.2, -0.15) is 0 Å². The number of H-pyrrole nitrogens is 1. The van der Waals surface area contributed by atoms with Crippen LogP contribution in [0, 0.1) is 5.92 Å². The van der Waals surface area contributed by atoms with E-state index in [0.717, 1.165) is 63.1 Å². The van der Waals surface area contributed by atoms with Gasteiger partial charge >= 0.3 is 0 Å². The molecule has 2 atom stereocenters. The summed E-state index contributed by atoms with van der Waals surface area (Å²) in [7, 11) is 0. The van der Waals surface area contributed by atoms with Crippen LogP contribution >= 0.6 is 11.6 Å². The van der Waals surface area contributed by atoms with Gasteiger partial charge in [-0.25, -0.2) is 4.98 Å². The lowest BCUT2D eigenvalue weighted by atomic mass is 9.79. The van der Waals surface area contributed by atoms with Gasteiger partial charge in [-0.15, -0.1) is 0 Å². The first-order valence-electron chi connectivity index (χ1n) is 14.2. The predicted octanol–water partition coefficient (Wildman–Crippen LogP) is 4.12. The summed E-state index contributed by atoms with van der Waals surface area (Å²) in [5.41, 5.74) is 2.55. The van der Waals surface area contributed by atoms with E-state index in [2.05, 4.69) is 56.0 Å². The van der Waals surface area contributed by atoms with Gasteiger partial charge in [0.1, 0.15) is 0 Å². The Bertz CT molecular complexity index is 996. The van der Waals surface area contributed by atoms with Crippen LogP contribution in [0.15, 0.2) is 36.8 Å². The van der Waals surface area contributed by atoms with Crippen molar-refractivity contribution >= 4 is 17.5 Å². The number of benzene rings is 1. The molecular formula is C29H43ClN6O. The van der Waals surface area contributed by atoms with Crippen molar-refractivity contribution in [3.8, 4) is 0 Å². The summed E-state index contributed by atoms with van der Waals surface area (Å²) in [6.45, 7) is 11.6. The number of piperazine rings is 1. The number of amides is 1. The molecule has 2 aromatic rings. The fraction of sp³-hybridized carbons (Fsp3) is 0.655. The fourth-order valence-electron chi connectivity index (χ4n) is 6.82. The Labute approximate surface area is 226 Å². The Balaban J connectivity index is 1.23. The molecule has 2 N–H and O–H groups in total. The van der Waals surface area contributed by atoms with Crippen LogP contribution in [-0.4, -0.2) is 88.0 Å². The topological polar surface area (TPSA) is 67.5 Å². The maximum atomic E-state index is 13.9. The molecule has 3 fully saturated rings. The molecule has 5 rings (SSSR count). The van der Waals surface area contributed by atoms with Crippen molar-refractivity contribution in [1.82, 2.24) is 30.0 Å². The van der Waals surface area contributed by atoms with E-state index in [0.29, 0.717) is 11.9 Å². The number of carbonyl (C=O) groups is 1. The maximum absolute atomic E-state index is 13.9. The van der Waals surface area contributed by atoms with Crippen LogP contribution in [-0.2, 0) is 11.3 Å². The zero-order valence-electron chi connectivity index (χ0n) is 22.5. The molecule has 3 aliphatic rings. The van der Waals surface area contributed by atoms with Gasteiger partial charge < -0.3 is 15.2 Å². The van der Waals surface area contributed by atoms with E-state index < -0.39 is 0 Å². The number of likely N-dealkylation sites (tertiary alicyclic amines) is 1. The normalized spacial score (nSPS) is 25.1. The van der Waals surface area contributed by atoms with Gasteiger partial charge in [0.25, 0.3) is 0 Å². The Morgan fingerprint density at radius 1 is 1.11 bits per heavy atom. The van der Waals surface area contributed by atoms with E-state index in [9.17, 15) is 4.79 Å². The summed E-state index contributed by atoms with van der Waals surface area (Å²) in [5.74, 6) is 0.564. The third-order valence-electron chi connectivity index (χ3n) is 9.06. The van der Waals surface area contributed by atoms with Crippen molar-refractivity contribution in [2.24, 2.45) is 5.92 Å². The molecule has 1 aliphatic carbocycles. The summed E-state index contributed by atoms with van der Waals surface area (Å²) in [5, 5.41) is 4.46. The van der Waals surface area contributed by atoms with Gasteiger partial charge in [-0.3, -0.25) is 14.6 Å². The number of aromatic amines is 1. The second kappa shape index (κ2) is 11.9. The molecule has 0 bridgehead atoms. The monoisotopic (exact) mass is 526 g/mol. The first kappa shape index (κ1) is 26.7. The zero-order chi connectivity index (χ0) is 25.8. The van der Waals surface area contributed by atoms with Crippen molar-refractivity contribution in [2.45, 2.75) is 70.0 Å². The molecule has 1 amide bonds. The molecule has 2 aliphatic heterocycles. The van der Waals surface area contributed by atoms with E-state index in [1.54, 1.807) is 6.33 Å². The number of nitrogens with zero attached hydrogens (tertiary/aromatic N) is 4. The standard InChI is InChI=1S/C29H43ClN6O/c1-22(2)35-18-26(23-6-8-24(30)9-7-23)27(19-35)28(37)34-12-14-36(15-13-34)29(10-4-3-5-11-29)20-31-16-25-17-32-21-33-25/h6-9,17,21-22,26-27,31H,3-5,10-16,18-20H2,1-2H3,(H,32,33)/t26-,27+/m1/s1. The van der Waals surface area contributed by atoms with E-state index in [1.807, 2.05) is 18.3 Å². The molecule has 2 saturated heterocycles. The van der Waals surface area contributed by atoms with Gasteiger partial charge in [0.05, 0.1) is 12.2 Å². The van der Waals surface area contributed by atoms with Crippen LogP contribution in [0.3, 0.4) is 0 Å². The number of hydrogen-bond donors (Lipinski definition) is 2. The fourth-order valence-corrected chi connectivity index (χ4v) is 6.94. The van der Waals surface area contributed by atoms with Crippen LogP contribution in [0.25, 0.3) is 0 Å². The molecule has 1 aromatic heterocycles. The first-order valence-corrected chi connectivity index (χ1v) is 14.5. The van der Waals surface area contributed by atoms with Crippen LogP contribution in [0.5, 0.6) is 0 Å². The second-order valence-electron chi connectivity index (χ2n) is 11.6. The van der Waals surface area contributed by atoms with Crippen molar-refractivity contribution in [1.29, 1.82) is 0 Å². The molecule has 1 aromatic carbocycles. The summed E-state index contributed by atoms with van der Waals surface area (Å²) in [6.07, 6.45) is 10.0. The molecule has 37 heavy (non-hydrogen) atoms. The van der Waals surface area contributed by atoms with Crippen LogP contribution in [0.4, 0.5) is 0 Å². The lowest BCUT2D eigenvalue weighted by molar-refractivity contribution is -0.138. The van der Waals surface area contributed by atoms with Gasteiger partial charge in [0, 0.05) is 86.8 Å². The number of imidazole rings is 1. The Hall–Kier alpha value is -1.93. The summed E-state index contributed by atoms with van der Waals surface area (Å²) >= 11 is 6.17. The van der Waals surface area contributed by atoms with Crippen LogP contribution in [0.1, 0.15) is 63.1 Å². The third kappa shape index (κ3) is 6.06. The summed E-state index contributed by atoms with van der Waals surface area (Å²) < 4.78 is 0. The molecule has 1 saturated carbocycles. The minimum atomic E-state index is 0.00911. The van der Waals surface area contributed by atoms with E-state index >= 15 is 0 Å². The Morgan fingerprint density at radius 2 is 1.84 bits per heavy atom. The van der Waals surface area contributed by atoms with Gasteiger partial charge in [-0.1, -0.05) is 43.0 Å². The zero-order valence-corrected chi connectivity index (χ0v) is 23.2. The molecular weight excluding hydrogens is 484 g/mol. The van der Waals surface area contributed by atoms with Gasteiger partial charge in [-0.05, 0) is 44.4 Å². The summed E-state index contributed by atoms with van der Waals surface area (Å²) in [4.78, 5) is 28.6. The van der Waals surface area contributed by atoms with Crippen molar-refractivity contribution < 1.29 is 4.79 Å². The molecule has 0 unspecified atom stereocenters. The smallest absolute Gasteiger partial charge is 0.227 e. The highest BCUT2D eigenvalue weighted by molar-refractivity contribution is 6.30. The number of nitrogens with one attached hydrogen (secondary N) is 2. The summed E-state index contributed by atoms with van der Waals surface area (Å²) in [6, 6.07) is 8.57. The number of carbonyl (C=O) groups excluding carboxylic acids is 1. The average Bonchev–Trinajstić information content (AvgIpc) is 3.60. The Morgan fingerprint density at radius 3 is 2.49 bits per heavy atom. The molecule has 0 spiro atoms. The van der Waals surface area contributed by atoms with Crippen molar-refractivity contribution in [2.75, 3.05) is 45.8 Å². The second-order valence-corrected chi connectivity index (χ2v) is 12.0. The largest absolute Gasteiger partial charge is 0.347 e. The lowest BCUT2D eigenvalue weighted by Gasteiger charge is -2.50. The lowest BCUT2D eigenvalue weighted by Crippen LogP contribution is -2.62. The van der Waals surface area contributed by atoms with Crippen molar-refractivity contribution in [3.63, 3.8) is 0 Å². The molecule has 8 heteroatoms. The van der Waals surface area contributed by atoms with Crippen molar-refractivity contribution in [3.05, 3.63) is 53.1 Å². The van der Waals surface area contributed by atoms with Gasteiger partial charge in [0.15, 0.2) is 0 Å². The van der Waals surface area contributed by atoms with E-state index in [-0.39, 0.29) is 17.4 Å². The van der Waals surface area contributed by atoms with Gasteiger partial charge in [0.2, 0.25) is 5.91 Å². The highest BCUT2D eigenvalue weighted by Gasteiger charge is 2.43. The first-order chi connectivity index (χ1) is 17.9. The Kier molecular flexibility index (Phi) is 8.54. The number of rotatable bonds is 8. The SMILES string of the molecule is CC(C)N1C[C@H](C(=O)N2CCN(C3(CNCc4cnc[nH]4)CCCCC3)CC2)[C@@H](c2ccc(Cl)cc2)C1. The third-order valence-corrected chi connectivity index (χ3v) is 9.32. The highest BCUT2D eigenvalue weighted by atomic mass is 35.5. The quantitative estimate of drug-likeness (QED) is 0.541. The number of hydrogen-bond acceptors (Lipinski definition) is 5. The maximum Gasteiger partial charge on any atom is 0.227 e. The minimum absolute atomic E-state index is 0.00911. The van der Waals surface area contributed by atoms with E-state index in [4.69, 9.17) is 11.6 Å².